The molecule has 0 amide bonds. The van der Waals surface area contributed by atoms with Crippen molar-refractivity contribution in [2.45, 2.75) is 66.7 Å². The maximum Gasteiger partial charge on any atom is -0.0275 e. The largest absolute Gasteiger partial charge is 0.0651 e. The Morgan fingerprint density at radius 3 is 2.38 bits per heavy atom. The Hall–Kier alpha value is 0. The van der Waals surface area contributed by atoms with Crippen molar-refractivity contribution >= 4 is 0 Å². The number of hydrogen-bond donors (Lipinski definition) is 0. The van der Waals surface area contributed by atoms with E-state index in [1.165, 1.54) is 32.1 Å². The van der Waals surface area contributed by atoms with Crippen LogP contribution in [0.1, 0.15) is 66.7 Å². The molecule has 0 N–H and O–H groups in total. The van der Waals surface area contributed by atoms with E-state index in [9.17, 15) is 0 Å². The number of rotatable bonds is 1. The highest BCUT2D eigenvalue weighted by molar-refractivity contribution is 4.91. The molecule has 2 unspecified atom stereocenters. The van der Waals surface area contributed by atoms with Crippen LogP contribution in [0.5, 0.6) is 0 Å². The van der Waals surface area contributed by atoms with Gasteiger partial charge in [-0.25, -0.2) is 0 Å². The molecular weight excluding hydrogens is 156 g/mol. The van der Waals surface area contributed by atoms with Gasteiger partial charge in [0, 0.05) is 0 Å². The summed E-state index contributed by atoms with van der Waals surface area (Å²) in [6.45, 7) is 12.1. The second-order valence-corrected chi connectivity index (χ2v) is 6.18. The Bertz CT molecular complexity index is 163. The molecule has 2 atom stereocenters. The number of hydrogen-bond acceptors (Lipinski definition) is 0. The molecule has 1 rings (SSSR count). The van der Waals surface area contributed by atoms with Crippen LogP contribution >= 0.6 is 0 Å². The van der Waals surface area contributed by atoms with Crippen molar-refractivity contribution in [3.05, 3.63) is 0 Å². The van der Waals surface area contributed by atoms with Gasteiger partial charge in [0.05, 0.1) is 0 Å². The van der Waals surface area contributed by atoms with Gasteiger partial charge in [-0.3, -0.25) is 0 Å². The smallest absolute Gasteiger partial charge is 0.0275 e. The zero-order valence-electron chi connectivity index (χ0n) is 10.1. The standard InChI is InChI=1S/C13H26/c1-6-11-8-7-9-13(5,10-11)12(2,3)4/h11H,6-10H2,1-5H3. The fraction of sp³-hybridized carbons (Fsp3) is 1.00. The molecule has 0 bridgehead atoms. The molecule has 1 aliphatic rings. The lowest BCUT2D eigenvalue weighted by molar-refractivity contribution is 0.0319. The van der Waals surface area contributed by atoms with Crippen molar-refractivity contribution in [3.8, 4) is 0 Å². The van der Waals surface area contributed by atoms with E-state index in [1.54, 1.807) is 0 Å². The van der Waals surface area contributed by atoms with Crippen LogP contribution in [0.3, 0.4) is 0 Å². The first-order chi connectivity index (χ1) is 5.89. The lowest BCUT2D eigenvalue weighted by Gasteiger charge is -2.47. The summed E-state index contributed by atoms with van der Waals surface area (Å²) in [6.07, 6.45) is 7.19. The molecule has 0 heteroatoms. The van der Waals surface area contributed by atoms with Gasteiger partial charge in [0.2, 0.25) is 0 Å². The molecule has 0 aliphatic heterocycles. The van der Waals surface area contributed by atoms with E-state index >= 15 is 0 Å². The highest BCUT2D eigenvalue weighted by Crippen LogP contribution is 2.51. The lowest BCUT2D eigenvalue weighted by Crippen LogP contribution is -2.37. The van der Waals surface area contributed by atoms with Crippen molar-refractivity contribution in [2.75, 3.05) is 0 Å². The Morgan fingerprint density at radius 2 is 1.92 bits per heavy atom. The van der Waals surface area contributed by atoms with Crippen LogP contribution in [-0.2, 0) is 0 Å². The molecule has 78 valence electrons. The summed E-state index contributed by atoms with van der Waals surface area (Å²) in [6, 6.07) is 0. The molecule has 13 heavy (non-hydrogen) atoms. The van der Waals surface area contributed by atoms with E-state index in [4.69, 9.17) is 0 Å². The normalized spacial score (nSPS) is 36.2. The molecule has 0 aromatic carbocycles. The van der Waals surface area contributed by atoms with Crippen LogP contribution in [0, 0.1) is 16.7 Å². The maximum atomic E-state index is 2.49. The van der Waals surface area contributed by atoms with Crippen molar-refractivity contribution in [2.24, 2.45) is 16.7 Å². The summed E-state index contributed by atoms with van der Waals surface area (Å²) in [5.74, 6) is 0.998. The highest BCUT2D eigenvalue weighted by Gasteiger charge is 2.40. The van der Waals surface area contributed by atoms with E-state index in [-0.39, 0.29) is 0 Å². The van der Waals surface area contributed by atoms with Crippen molar-refractivity contribution in [1.82, 2.24) is 0 Å². The molecule has 0 radical (unpaired) electrons. The minimum absolute atomic E-state index is 0.487. The van der Waals surface area contributed by atoms with Gasteiger partial charge in [0.25, 0.3) is 0 Å². The zero-order chi connectivity index (χ0) is 10.1. The Balaban J connectivity index is 2.68. The first kappa shape index (κ1) is 11.1. The van der Waals surface area contributed by atoms with Gasteiger partial charge in [0.15, 0.2) is 0 Å². The van der Waals surface area contributed by atoms with Crippen LogP contribution in [-0.4, -0.2) is 0 Å². The summed E-state index contributed by atoms with van der Waals surface area (Å²) in [7, 11) is 0. The van der Waals surface area contributed by atoms with Crippen molar-refractivity contribution in [1.29, 1.82) is 0 Å². The molecule has 1 fully saturated rings. The highest BCUT2D eigenvalue weighted by atomic mass is 14.5. The fourth-order valence-corrected chi connectivity index (χ4v) is 2.65. The van der Waals surface area contributed by atoms with Crippen LogP contribution in [0.25, 0.3) is 0 Å². The molecule has 0 saturated heterocycles. The van der Waals surface area contributed by atoms with Gasteiger partial charge in [-0.05, 0) is 29.6 Å². The van der Waals surface area contributed by atoms with Crippen molar-refractivity contribution < 1.29 is 0 Å². The molecule has 1 saturated carbocycles. The Morgan fingerprint density at radius 1 is 1.31 bits per heavy atom. The lowest BCUT2D eigenvalue weighted by atomic mass is 9.58. The molecule has 0 aromatic rings. The first-order valence-corrected chi connectivity index (χ1v) is 5.89. The fourth-order valence-electron chi connectivity index (χ4n) is 2.65. The summed E-state index contributed by atoms with van der Waals surface area (Å²) in [5, 5.41) is 0. The minimum atomic E-state index is 0.487. The third kappa shape index (κ3) is 2.27. The molecular formula is C13H26. The minimum Gasteiger partial charge on any atom is -0.0651 e. The Kier molecular flexibility index (Phi) is 3.09. The van der Waals surface area contributed by atoms with Crippen LogP contribution in [0.2, 0.25) is 0 Å². The zero-order valence-corrected chi connectivity index (χ0v) is 10.1. The summed E-state index contributed by atoms with van der Waals surface area (Å²) >= 11 is 0. The third-order valence-corrected chi connectivity index (χ3v) is 4.47. The third-order valence-electron chi connectivity index (χ3n) is 4.47. The van der Waals surface area contributed by atoms with Gasteiger partial charge in [-0.2, -0.15) is 0 Å². The molecule has 0 nitrogen and oxygen atoms in total. The predicted octanol–water partition coefficient (Wildman–Crippen LogP) is 4.64. The summed E-state index contributed by atoms with van der Waals surface area (Å²) in [4.78, 5) is 0. The van der Waals surface area contributed by atoms with Gasteiger partial charge < -0.3 is 0 Å². The Labute approximate surface area is 84.1 Å². The second-order valence-electron chi connectivity index (χ2n) is 6.18. The summed E-state index contributed by atoms with van der Waals surface area (Å²) < 4.78 is 0. The average molecular weight is 182 g/mol. The topological polar surface area (TPSA) is 0 Å². The van der Waals surface area contributed by atoms with E-state index < -0.39 is 0 Å². The SMILES string of the molecule is CCC1CCCC(C)(C(C)(C)C)C1. The van der Waals surface area contributed by atoms with E-state index in [0.29, 0.717) is 10.8 Å². The van der Waals surface area contributed by atoms with Gasteiger partial charge in [-0.15, -0.1) is 0 Å². The van der Waals surface area contributed by atoms with Gasteiger partial charge in [0.1, 0.15) is 0 Å². The van der Waals surface area contributed by atoms with Crippen molar-refractivity contribution in [3.63, 3.8) is 0 Å². The predicted molar refractivity (Wildman–Crippen MR) is 59.8 cm³/mol. The first-order valence-electron chi connectivity index (χ1n) is 5.89. The van der Waals surface area contributed by atoms with E-state index in [0.717, 1.165) is 5.92 Å². The summed E-state index contributed by atoms with van der Waals surface area (Å²) in [5.41, 5.74) is 1.08. The van der Waals surface area contributed by atoms with E-state index in [1.807, 2.05) is 0 Å². The average Bonchev–Trinajstić information content (AvgIpc) is 2.02. The van der Waals surface area contributed by atoms with Crippen LogP contribution < -0.4 is 0 Å². The molecule has 1 aliphatic carbocycles. The molecule has 0 spiro atoms. The van der Waals surface area contributed by atoms with Gasteiger partial charge in [-0.1, -0.05) is 53.9 Å². The van der Waals surface area contributed by atoms with E-state index in [2.05, 4.69) is 34.6 Å². The second kappa shape index (κ2) is 3.63. The molecule has 0 heterocycles. The molecule has 0 aromatic heterocycles. The van der Waals surface area contributed by atoms with Crippen LogP contribution in [0.15, 0.2) is 0 Å². The quantitative estimate of drug-likeness (QED) is 0.554. The monoisotopic (exact) mass is 182 g/mol. The maximum absolute atomic E-state index is 2.49. The van der Waals surface area contributed by atoms with Crippen LogP contribution in [0.4, 0.5) is 0 Å². The van der Waals surface area contributed by atoms with Gasteiger partial charge >= 0.3 is 0 Å².